The van der Waals surface area contributed by atoms with Gasteiger partial charge in [-0.25, -0.2) is 0 Å². The zero-order valence-electron chi connectivity index (χ0n) is 12.7. The van der Waals surface area contributed by atoms with Crippen molar-refractivity contribution in [2.45, 2.75) is 51.0 Å². The van der Waals surface area contributed by atoms with E-state index in [1.807, 2.05) is 13.2 Å². The molecule has 2 aromatic rings. The van der Waals surface area contributed by atoms with Gasteiger partial charge in [0.25, 0.3) is 0 Å². The van der Waals surface area contributed by atoms with Crippen molar-refractivity contribution >= 4 is 0 Å². The third kappa shape index (κ3) is 3.15. The van der Waals surface area contributed by atoms with E-state index < -0.39 is 0 Å². The van der Waals surface area contributed by atoms with E-state index in [9.17, 15) is 0 Å². The van der Waals surface area contributed by atoms with Gasteiger partial charge in [0, 0.05) is 19.3 Å². The SMILES string of the molecule is CCNC1CCCCCC1c1nc(-c2cnn(C)c2)no1. The Balaban J connectivity index is 1.82. The van der Waals surface area contributed by atoms with Gasteiger partial charge in [-0.05, 0) is 19.4 Å². The van der Waals surface area contributed by atoms with Gasteiger partial charge in [-0.3, -0.25) is 4.68 Å². The molecule has 0 bridgehead atoms. The van der Waals surface area contributed by atoms with Gasteiger partial charge in [-0.2, -0.15) is 10.1 Å². The summed E-state index contributed by atoms with van der Waals surface area (Å²) in [6, 6.07) is 0.444. The van der Waals surface area contributed by atoms with Crippen LogP contribution in [0.25, 0.3) is 11.4 Å². The van der Waals surface area contributed by atoms with E-state index in [0.717, 1.165) is 24.4 Å². The van der Waals surface area contributed by atoms with Crippen LogP contribution in [0.3, 0.4) is 0 Å². The van der Waals surface area contributed by atoms with Crippen molar-refractivity contribution in [2.24, 2.45) is 7.05 Å². The molecule has 2 atom stereocenters. The van der Waals surface area contributed by atoms with Gasteiger partial charge in [-0.15, -0.1) is 0 Å². The largest absolute Gasteiger partial charge is 0.339 e. The number of aryl methyl sites for hydroxylation is 1. The van der Waals surface area contributed by atoms with Crippen LogP contribution >= 0.6 is 0 Å². The summed E-state index contributed by atoms with van der Waals surface area (Å²) >= 11 is 0. The molecule has 2 heterocycles. The zero-order valence-corrected chi connectivity index (χ0v) is 12.7. The summed E-state index contributed by atoms with van der Waals surface area (Å²) in [4.78, 5) is 4.62. The van der Waals surface area contributed by atoms with E-state index in [1.54, 1.807) is 10.9 Å². The Labute approximate surface area is 124 Å². The summed E-state index contributed by atoms with van der Waals surface area (Å²) in [7, 11) is 1.89. The molecule has 1 N–H and O–H groups in total. The van der Waals surface area contributed by atoms with Crippen LogP contribution in [0.4, 0.5) is 0 Å². The molecule has 0 aliphatic heterocycles. The van der Waals surface area contributed by atoms with Crippen molar-refractivity contribution in [3.8, 4) is 11.4 Å². The minimum atomic E-state index is 0.324. The summed E-state index contributed by atoms with van der Waals surface area (Å²) in [6.45, 7) is 3.13. The van der Waals surface area contributed by atoms with Gasteiger partial charge in [0.15, 0.2) is 0 Å². The molecule has 0 radical (unpaired) electrons. The Morgan fingerprint density at radius 3 is 2.95 bits per heavy atom. The van der Waals surface area contributed by atoms with Gasteiger partial charge in [-0.1, -0.05) is 31.3 Å². The first-order valence-corrected chi connectivity index (χ1v) is 7.84. The first-order chi connectivity index (χ1) is 10.3. The second-order valence-electron chi connectivity index (χ2n) is 5.77. The molecule has 1 aliphatic carbocycles. The average molecular weight is 289 g/mol. The van der Waals surface area contributed by atoms with E-state index in [1.165, 1.54) is 25.7 Å². The predicted molar refractivity (Wildman–Crippen MR) is 79.8 cm³/mol. The summed E-state index contributed by atoms with van der Waals surface area (Å²) in [6.07, 6.45) is 9.78. The standard InChI is InChI=1S/C15H23N5O/c1-3-16-13-8-6-4-5-7-12(13)15-18-14(19-21-15)11-9-17-20(2)10-11/h9-10,12-13,16H,3-8H2,1-2H3. The van der Waals surface area contributed by atoms with Crippen LogP contribution in [0.5, 0.6) is 0 Å². The summed E-state index contributed by atoms with van der Waals surface area (Å²) in [5.74, 6) is 1.73. The van der Waals surface area contributed by atoms with Gasteiger partial charge in [0.05, 0.1) is 17.7 Å². The smallest absolute Gasteiger partial charge is 0.231 e. The fourth-order valence-corrected chi connectivity index (χ4v) is 3.15. The van der Waals surface area contributed by atoms with E-state index in [-0.39, 0.29) is 0 Å². The number of hydrogen-bond acceptors (Lipinski definition) is 5. The molecule has 0 saturated heterocycles. The second-order valence-corrected chi connectivity index (χ2v) is 5.77. The van der Waals surface area contributed by atoms with Gasteiger partial charge in [0.2, 0.25) is 11.7 Å². The topological polar surface area (TPSA) is 68.8 Å². The Hall–Kier alpha value is -1.69. The van der Waals surface area contributed by atoms with Crippen LogP contribution in [-0.2, 0) is 7.05 Å². The number of hydrogen-bond donors (Lipinski definition) is 1. The molecule has 21 heavy (non-hydrogen) atoms. The van der Waals surface area contributed by atoms with Crippen LogP contribution in [-0.4, -0.2) is 32.5 Å². The highest BCUT2D eigenvalue weighted by atomic mass is 16.5. The number of rotatable bonds is 4. The van der Waals surface area contributed by atoms with E-state index in [2.05, 4.69) is 27.5 Å². The molecule has 3 rings (SSSR count). The highest BCUT2D eigenvalue weighted by molar-refractivity contribution is 5.51. The first kappa shape index (κ1) is 14.3. The molecular weight excluding hydrogens is 266 g/mol. The lowest BCUT2D eigenvalue weighted by Gasteiger charge is -2.22. The number of nitrogens with one attached hydrogen (secondary N) is 1. The van der Waals surface area contributed by atoms with E-state index in [4.69, 9.17) is 4.52 Å². The molecule has 6 heteroatoms. The number of likely N-dealkylation sites (N-methyl/N-ethyl adjacent to an activating group) is 1. The Morgan fingerprint density at radius 1 is 1.33 bits per heavy atom. The van der Waals surface area contributed by atoms with Crippen LogP contribution in [0.15, 0.2) is 16.9 Å². The quantitative estimate of drug-likeness (QED) is 0.876. The van der Waals surface area contributed by atoms with Crippen molar-refractivity contribution < 1.29 is 4.52 Å². The maximum absolute atomic E-state index is 5.56. The minimum absolute atomic E-state index is 0.324. The molecule has 2 unspecified atom stereocenters. The van der Waals surface area contributed by atoms with Crippen LogP contribution in [0.1, 0.15) is 50.8 Å². The van der Waals surface area contributed by atoms with E-state index >= 15 is 0 Å². The van der Waals surface area contributed by atoms with Crippen molar-refractivity contribution in [1.29, 1.82) is 0 Å². The van der Waals surface area contributed by atoms with Crippen molar-refractivity contribution in [2.75, 3.05) is 6.54 Å². The summed E-state index contributed by atoms with van der Waals surface area (Å²) in [5.41, 5.74) is 0.904. The Bertz CT molecular complexity index is 576. The fourth-order valence-electron chi connectivity index (χ4n) is 3.15. The lowest BCUT2D eigenvalue weighted by molar-refractivity contribution is 0.306. The van der Waals surface area contributed by atoms with Gasteiger partial charge >= 0.3 is 0 Å². The molecular formula is C15H23N5O. The van der Waals surface area contributed by atoms with Crippen LogP contribution in [0, 0.1) is 0 Å². The second kappa shape index (κ2) is 6.39. The summed E-state index contributed by atoms with van der Waals surface area (Å²) in [5, 5.41) is 11.9. The maximum Gasteiger partial charge on any atom is 0.231 e. The summed E-state index contributed by atoms with van der Waals surface area (Å²) < 4.78 is 7.31. The monoisotopic (exact) mass is 289 g/mol. The van der Waals surface area contributed by atoms with Gasteiger partial charge in [0.1, 0.15) is 0 Å². The lowest BCUT2D eigenvalue weighted by atomic mass is 9.94. The van der Waals surface area contributed by atoms with Gasteiger partial charge < -0.3 is 9.84 Å². The number of nitrogens with zero attached hydrogens (tertiary/aromatic N) is 4. The Kier molecular flexibility index (Phi) is 4.34. The maximum atomic E-state index is 5.56. The highest BCUT2D eigenvalue weighted by Gasteiger charge is 2.29. The molecule has 1 aliphatic rings. The lowest BCUT2D eigenvalue weighted by Crippen LogP contribution is -2.34. The molecule has 2 aromatic heterocycles. The molecule has 0 spiro atoms. The van der Waals surface area contributed by atoms with Crippen LogP contribution in [0.2, 0.25) is 0 Å². The van der Waals surface area contributed by atoms with Crippen molar-refractivity contribution in [3.63, 3.8) is 0 Å². The first-order valence-electron chi connectivity index (χ1n) is 7.84. The molecule has 1 fully saturated rings. The zero-order chi connectivity index (χ0) is 14.7. The molecule has 0 aromatic carbocycles. The van der Waals surface area contributed by atoms with Crippen LogP contribution < -0.4 is 5.32 Å². The molecule has 114 valence electrons. The van der Waals surface area contributed by atoms with E-state index in [0.29, 0.717) is 17.8 Å². The highest BCUT2D eigenvalue weighted by Crippen LogP contribution is 2.32. The molecule has 6 nitrogen and oxygen atoms in total. The Morgan fingerprint density at radius 2 is 2.19 bits per heavy atom. The van der Waals surface area contributed by atoms with Crippen molar-refractivity contribution in [3.05, 3.63) is 18.3 Å². The third-order valence-electron chi connectivity index (χ3n) is 4.20. The average Bonchev–Trinajstić information content (AvgIpc) is 3.05. The molecule has 0 amide bonds. The molecule has 1 saturated carbocycles. The third-order valence-corrected chi connectivity index (χ3v) is 4.20. The normalized spacial score (nSPS) is 23.1. The predicted octanol–water partition coefficient (Wildman–Crippen LogP) is 2.50. The minimum Gasteiger partial charge on any atom is -0.339 e. The fraction of sp³-hybridized carbons (Fsp3) is 0.667. The number of aromatic nitrogens is 4. The van der Waals surface area contributed by atoms with Crippen molar-refractivity contribution in [1.82, 2.24) is 25.2 Å².